The quantitative estimate of drug-likeness (QED) is 0.890. The Hall–Kier alpha value is -2.09. The molecule has 128 valence electrons. The molecule has 2 aliphatic rings. The molecule has 0 unspecified atom stereocenters. The number of carbonyl (C=O) groups is 2. The van der Waals surface area contributed by atoms with Crippen LogP contribution in [0.3, 0.4) is 0 Å². The second kappa shape index (κ2) is 5.77. The van der Waals surface area contributed by atoms with Crippen molar-refractivity contribution in [1.29, 1.82) is 0 Å². The summed E-state index contributed by atoms with van der Waals surface area (Å²) < 4.78 is 1.79. The van der Waals surface area contributed by atoms with Gasteiger partial charge in [0.2, 0.25) is 0 Å². The van der Waals surface area contributed by atoms with Crippen molar-refractivity contribution in [3.05, 3.63) is 23.0 Å². The van der Waals surface area contributed by atoms with E-state index in [9.17, 15) is 14.7 Å². The highest BCUT2D eigenvalue weighted by molar-refractivity contribution is 7.15. The standard InChI is InChI=1S/C16H20N4O3S/c1-9-13(19-5-6-24-15(19)18-9)14(21)17-7-12-11-4-2-3-10(11)8-20(12)16(22)23/h5-6,10-12H,2-4,7-8H2,1H3,(H,17,21)(H,22,23)/t10-,11-,12+/m0/s1. The number of hydrogen-bond donors (Lipinski definition) is 2. The number of thiazole rings is 1. The van der Waals surface area contributed by atoms with Crippen LogP contribution < -0.4 is 5.32 Å². The molecule has 1 aliphatic heterocycles. The number of carboxylic acid groups (broad SMARTS) is 1. The number of imidazole rings is 1. The van der Waals surface area contributed by atoms with Crippen molar-refractivity contribution in [2.24, 2.45) is 11.8 Å². The minimum absolute atomic E-state index is 0.120. The lowest BCUT2D eigenvalue weighted by Crippen LogP contribution is -2.45. The third-order valence-electron chi connectivity index (χ3n) is 5.41. The molecule has 0 spiro atoms. The van der Waals surface area contributed by atoms with Crippen LogP contribution in [0.4, 0.5) is 4.79 Å². The van der Waals surface area contributed by atoms with Gasteiger partial charge in [-0.3, -0.25) is 9.20 Å². The predicted octanol–water partition coefficient (Wildman–Crippen LogP) is 2.21. The molecule has 3 heterocycles. The van der Waals surface area contributed by atoms with Crippen LogP contribution in [0.5, 0.6) is 0 Å². The van der Waals surface area contributed by atoms with Crippen molar-refractivity contribution in [2.75, 3.05) is 13.1 Å². The largest absolute Gasteiger partial charge is 0.465 e. The molecule has 0 aromatic carbocycles. The Bertz CT molecular complexity index is 798. The predicted molar refractivity (Wildman–Crippen MR) is 89.5 cm³/mol. The molecule has 4 rings (SSSR count). The Labute approximate surface area is 143 Å². The van der Waals surface area contributed by atoms with Gasteiger partial charge in [0.05, 0.1) is 11.7 Å². The van der Waals surface area contributed by atoms with Crippen LogP contribution in [0.2, 0.25) is 0 Å². The summed E-state index contributed by atoms with van der Waals surface area (Å²) in [5, 5.41) is 14.3. The average molecular weight is 348 g/mol. The van der Waals surface area contributed by atoms with Crippen LogP contribution in [0.1, 0.15) is 35.4 Å². The molecule has 3 atom stereocenters. The molecule has 1 aliphatic carbocycles. The van der Waals surface area contributed by atoms with Gasteiger partial charge in [0.25, 0.3) is 5.91 Å². The minimum atomic E-state index is -0.885. The Kier molecular flexibility index (Phi) is 3.71. The van der Waals surface area contributed by atoms with Gasteiger partial charge in [0.15, 0.2) is 4.96 Å². The molecule has 0 bridgehead atoms. The third kappa shape index (κ3) is 2.36. The number of rotatable bonds is 3. The molecule has 0 radical (unpaired) electrons. The molecule has 8 heteroatoms. The number of aromatic nitrogens is 2. The molecule has 2 amide bonds. The number of amides is 2. The van der Waals surface area contributed by atoms with Gasteiger partial charge >= 0.3 is 6.09 Å². The van der Waals surface area contributed by atoms with Crippen molar-refractivity contribution in [3.8, 4) is 0 Å². The topological polar surface area (TPSA) is 86.9 Å². The Balaban J connectivity index is 1.51. The molecular weight excluding hydrogens is 328 g/mol. The maximum absolute atomic E-state index is 12.6. The fourth-order valence-electron chi connectivity index (χ4n) is 4.35. The van der Waals surface area contributed by atoms with Crippen molar-refractivity contribution < 1.29 is 14.7 Å². The van der Waals surface area contributed by atoms with Crippen molar-refractivity contribution in [2.45, 2.75) is 32.2 Å². The van der Waals surface area contributed by atoms with Crippen molar-refractivity contribution in [1.82, 2.24) is 19.6 Å². The average Bonchev–Trinajstić information content (AvgIpc) is 3.23. The van der Waals surface area contributed by atoms with Crippen LogP contribution in [0.25, 0.3) is 4.96 Å². The highest BCUT2D eigenvalue weighted by atomic mass is 32.1. The molecule has 2 aromatic heterocycles. The van der Waals surface area contributed by atoms with E-state index in [-0.39, 0.29) is 11.9 Å². The molecule has 2 aromatic rings. The minimum Gasteiger partial charge on any atom is -0.465 e. The van der Waals surface area contributed by atoms with Gasteiger partial charge < -0.3 is 15.3 Å². The van der Waals surface area contributed by atoms with Gasteiger partial charge in [-0.2, -0.15) is 0 Å². The Morgan fingerprint density at radius 3 is 3.08 bits per heavy atom. The lowest BCUT2D eigenvalue weighted by Gasteiger charge is -2.25. The summed E-state index contributed by atoms with van der Waals surface area (Å²) in [5.41, 5.74) is 1.23. The van der Waals surface area contributed by atoms with E-state index in [1.165, 1.54) is 16.2 Å². The molecule has 7 nitrogen and oxygen atoms in total. The summed E-state index contributed by atoms with van der Waals surface area (Å²) in [4.78, 5) is 30.8. The Morgan fingerprint density at radius 2 is 2.29 bits per heavy atom. The van der Waals surface area contributed by atoms with E-state index in [1.807, 2.05) is 18.5 Å². The second-order valence-corrected chi connectivity index (χ2v) is 7.54. The van der Waals surface area contributed by atoms with E-state index in [2.05, 4.69) is 10.3 Å². The molecular formula is C16H20N4O3S. The highest BCUT2D eigenvalue weighted by Crippen LogP contribution is 2.41. The number of carbonyl (C=O) groups excluding carboxylic acids is 1. The van der Waals surface area contributed by atoms with E-state index < -0.39 is 6.09 Å². The number of fused-ring (bicyclic) bond motifs is 2. The fraction of sp³-hybridized carbons (Fsp3) is 0.562. The number of hydrogen-bond acceptors (Lipinski definition) is 4. The van der Waals surface area contributed by atoms with Gasteiger partial charge in [-0.15, -0.1) is 11.3 Å². The van der Waals surface area contributed by atoms with Gasteiger partial charge in [-0.1, -0.05) is 6.42 Å². The Morgan fingerprint density at radius 1 is 1.46 bits per heavy atom. The van der Waals surface area contributed by atoms with Gasteiger partial charge in [-0.25, -0.2) is 9.78 Å². The first-order chi connectivity index (χ1) is 11.6. The first-order valence-electron chi connectivity index (χ1n) is 8.26. The first-order valence-corrected chi connectivity index (χ1v) is 9.14. The first kappa shape index (κ1) is 15.4. The second-order valence-electron chi connectivity index (χ2n) is 6.67. The number of nitrogens with zero attached hydrogens (tertiary/aromatic N) is 3. The monoisotopic (exact) mass is 348 g/mol. The van der Waals surface area contributed by atoms with Gasteiger partial charge in [0, 0.05) is 24.7 Å². The zero-order valence-corrected chi connectivity index (χ0v) is 14.3. The number of nitrogens with one attached hydrogen (secondary N) is 1. The van der Waals surface area contributed by atoms with E-state index in [4.69, 9.17) is 0 Å². The SMILES string of the molecule is Cc1nc2sccn2c1C(=O)NC[C@@H]1[C@H]2CCC[C@H]2CN1C(=O)O. The van der Waals surface area contributed by atoms with Crippen molar-refractivity contribution >= 4 is 28.3 Å². The summed E-state index contributed by atoms with van der Waals surface area (Å²) in [6.07, 6.45) is 4.25. The lowest BCUT2D eigenvalue weighted by molar-refractivity contribution is 0.0919. The van der Waals surface area contributed by atoms with Gasteiger partial charge in [0.1, 0.15) is 5.69 Å². The van der Waals surface area contributed by atoms with E-state index >= 15 is 0 Å². The van der Waals surface area contributed by atoms with E-state index in [1.54, 1.807) is 4.40 Å². The van der Waals surface area contributed by atoms with Crippen LogP contribution in [-0.4, -0.2) is 50.5 Å². The lowest BCUT2D eigenvalue weighted by atomic mass is 9.94. The molecule has 2 fully saturated rings. The summed E-state index contributed by atoms with van der Waals surface area (Å²) in [7, 11) is 0. The third-order valence-corrected chi connectivity index (χ3v) is 6.17. The fourth-order valence-corrected chi connectivity index (χ4v) is 5.11. The zero-order chi connectivity index (χ0) is 16.8. The van der Waals surface area contributed by atoms with Gasteiger partial charge in [-0.05, 0) is 31.6 Å². The highest BCUT2D eigenvalue weighted by Gasteiger charge is 2.46. The molecule has 2 N–H and O–H groups in total. The number of aryl methyl sites for hydroxylation is 1. The van der Waals surface area contributed by atoms with Crippen molar-refractivity contribution in [3.63, 3.8) is 0 Å². The van der Waals surface area contributed by atoms with Crippen LogP contribution in [0.15, 0.2) is 11.6 Å². The van der Waals surface area contributed by atoms with E-state index in [0.717, 1.165) is 24.2 Å². The van der Waals surface area contributed by atoms with E-state index in [0.29, 0.717) is 36.3 Å². The number of likely N-dealkylation sites (tertiary alicyclic amines) is 1. The van der Waals surface area contributed by atoms with Crippen LogP contribution in [-0.2, 0) is 0 Å². The molecule has 1 saturated heterocycles. The zero-order valence-electron chi connectivity index (χ0n) is 13.4. The normalized spacial score (nSPS) is 26.0. The summed E-state index contributed by atoms with van der Waals surface area (Å²) >= 11 is 1.49. The maximum Gasteiger partial charge on any atom is 0.407 e. The maximum atomic E-state index is 12.6. The molecule has 1 saturated carbocycles. The van der Waals surface area contributed by atoms with Crippen LogP contribution in [0, 0.1) is 18.8 Å². The van der Waals surface area contributed by atoms with Crippen LogP contribution >= 0.6 is 11.3 Å². The molecule has 24 heavy (non-hydrogen) atoms. The summed E-state index contributed by atoms with van der Waals surface area (Å²) in [5.74, 6) is 0.627. The summed E-state index contributed by atoms with van der Waals surface area (Å²) in [6.45, 7) is 2.78. The summed E-state index contributed by atoms with van der Waals surface area (Å²) in [6, 6.07) is -0.120. The smallest absolute Gasteiger partial charge is 0.407 e.